The zero-order valence-electron chi connectivity index (χ0n) is 9.13. The van der Waals surface area contributed by atoms with Crippen molar-refractivity contribution < 1.29 is 4.79 Å². The maximum absolute atomic E-state index is 12.2. The molecule has 0 aliphatic heterocycles. The van der Waals surface area contributed by atoms with Crippen LogP contribution in [0.5, 0.6) is 0 Å². The van der Waals surface area contributed by atoms with Crippen molar-refractivity contribution in [1.29, 1.82) is 0 Å². The molecule has 0 saturated heterocycles. The molecule has 0 spiro atoms. The Morgan fingerprint density at radius 1 is 1.60 bits per heavy atom. The van der Waals surface area contributed by atoms with Crippen molar-refractivity contribution in [1.82, 2.24) is 4.90 Å². The zero-order valence-corrected chi connectivity index (χ0v) is 10.7. The summed E-state index contributed by atoms with van der Waals surface area (Å²) in [4.78, 5) is 15.1. The van der Waals surface area contributed by atoms with Gasteiger partial charge in [-0.2, -0.15) is 0 Å². The minimum Gasteiger partial charge on any atom is -0.308 e. The molecule has 15 heavy (non-hydrogen) atoms. The molecule has 4 heteroatoms. The molecule has 1 aromatic rings. The van der Waals surface area contributed by atoms with Crippen molar-refractivity contribution >= 4 is 28.7 Å². The van der Waals surface area contributed by atoms with Crippen LogP contribution in [0, 0.1) is 5.41 Å². The summed E-state index contributed by atoms with van der Waals surface area (Å²) in [5.41, 5.74) is 0.870. The van der Waals surface area contributed by atoms with Gasteiger partial charge in [-0.25, -0.2) is 0 Å². The molecule has 2 nitrogen and oxygen atoms in total. The smallest absolute Gasteiger partial charge is 0.180 e. The van der Waals surface area contributed by atoms with Gasteiger partial charge in [-0.15, -0.1) is 11.3 Å². The van der Waals surface area contributed by atoms with E-state index in [1.54, 1.807) is 0 Å². The Labute approximate surface area is 98.8 Å². The third kappa shape index (κ3) is 1.84. The lowest BCUT2D eigenvalue weighted by Gasteiger charge is -2.25. The van der Waals surface area contributed by atoms with Crippen molar-refractivity contribution in [2.24, 2.45) is 5.41 Å². The van der Waals surface area contributed by atoms with Crippen LogP contribution >= 0.6 is 22.9 Å². The predicted octanol–water partition coefficient (Wildman–Crippen LogP) is 2.71. The fraction of sp³-hybridized carbons (Fsp3) is 0.545. The number of ketones is 1. The number of halogens is 1. The molecule has 1 aliphatic rings. The minimum absolute atomic E-state index is 0.253. The van der Waals surface area contributed by atoms with Gasteiger partial charge in [0.2, 0.25) is 0 Å². The normalized spacial score (nSPS) is 25.0. The number of Topliss-reactive ketones (excluding diaryl/α,β-unsaturated/α-hetero) is 1. The Morgan fingerprint density at radius 3 is 2.80 bits per heavy atom. The van der Waals surface area contributed by atoms with E-state index in [1.807, 2.05) is 27.1 Å². The van der Waals surface area contributed by atoms with Gasteiger partial charge in [-0.05, 0) is 32.1 Å². The number of thiophene rings is 1. The van der Waals surface area contributed by atoms with Gasteiger partial charge < -0.3 is 4.90 Å². The Morgan fingerprint density at radius 2 is 2.27 bits per heavy atom. The van der Waals surface area contributed by atoms with Gasteiger partial charge in [0.15, 0.2) is 5.78 Å². The van der Waals surface area contributed by atoms with E-state index >= 15 is 0 Å². The third-order valence-electron chi connectivity index (χ3n) is 2.78. The molecular weight excluding hydrogens is 230 g/mol. The van der Waals surface area contributed by atoms with Gasteiger partial charge >= 0.3 is 0 Å². The third-order valence-corrected chi connectivity index (χ3v) is 4.08. The Hall–Kier alpha value is -0.380. The highest BCUT2D eigenvalue weighted by Crippen LogP contribution is 2.42. The molecule has 0 unspecified atom stereocenters. The van der Waals surface area contributed by atoms with Crippen LogP contribution < -0.4 is 0 Å². The number of hydrogen-bond donors (Lipinski definition) is 0. The SMILES string of the molecule is CN(C)C[C@@]1(C)Cc2cc(Cl)sc2C1=O. The molecule has 0 amide bonds. The molecule has 0 aromatic carbocycles. The van der Waals surface area contributed by atoms with E-state index in [4.69, 9.17) is 11.6 Å². The van der Waals surface area contributed by atoms with Crippen LogP contribution in [0.4, 0.5) is 0 Å². The molecule has 0 saturated carbocycles. The first-order valence-electron chi connectivity index (χ1n) is 4.90. The maximum atomic E-state index is 12.2. The molecule has 1 aromatic heterocycles. The van der Waals surface area contributed by atoms with Crippen LogP contribution in [-0.2, 0) is 6.42 Å². The van der Waals surface area contributed by atoms with E-state index < -0.39 is 0 Å². The summed E-state index contributed by atoms with van der Waals surface area (Å²) in [6.45, 7) is 2.83. The summed E-state index contributed by atoms with van der Waals surface area (Å²) in [7, 11) is 4.00. The lowest BCUT2D eigenvalue weighted by molar-refractivity contribution is 0.0802. The van der Waals surface area contributed by atoms with Crippen LogP contribution in [0.1, 0.15) is 22.2 Å². The first-order chi connectivity index (χ1) is 6.92. The van der Waals surface area contributed by atoms with Gasteiger partial charge in [-0.1, -0.05) is 18.5 Å². The summed E-state index contributed by atoms with van der Waals surface area (Å²) in [5.74, 6) is 0.253. The number of carbonyl (C=O) groups excluding carboxylic acids is 1. The second-order valence-electron chi connectivity index (χ2n) is 4.71. The number of carbonyl (C=O) groups is 1. The van der Waals surface area contributed by atoms with E-state index in [-0.39, 0.29) is 11.2 Å². The van der Waals surface area contributed by atoms with Gasteiger partial charge in [0.1, 0.15) is 0 Å². The summed E-state index contributed by atoms with van der Waals surface area (Å²) >= 11 is 7.31. The molecule has 1 atom stereocenters. The van der Waals surface area contributed by atoms with Crippen molar-refractivity contribution in [3.05, 3.63) is 20.8 Å². The van der Waals surface area contributed by atoms with Crippen LogP contribution in [0.3, 0.4) is 0 Å². The fourth-order valence-corrected chi connectivity index (χ4v) is 3.68. The number of nitrogens with zero attached hydrogens (tertiary/aromatic N) is 1. The van der Waals surface area contributed by atoms with Crippen LogP contribution in [0.15, 0.2) is 6.07 Å². The highest BCUT2D eigenvalue weighted by atomic mass is 35.5. The number of rotatable bonds is 2. The zero-order chi connectivity index (χ0) is 11.2. The average molecular weight is 244 g/mol. The molecule has 0 N–H and O–H groups in total. The first kappa shape index (κ1) is 11.1. The lowest BCUT2D eigenvalue weighted by Crippen LogP contribution is -2.36. The maximum Gasteiger partial charge on any atom is 0.180 e. The second kappa shape index (κ2) is 3.58. The number of fused-ring (bicyclic) bond motifs is 1. The highest BCUT2D eigenvalue weighted by molar-refractivity contribution is 7.18. The largest absolute Gasteiger partial charge is 0.308 e. The van der Waals surface area contributed by atoms with E-state index in [1.165, 1.54) is 11.3 Å². The summed E-state index contributed by atoms with van der Waals surface area (Å²) in [6.07, 6.45) is 0.822. The van der Waals surface area contributed by atoms with Gasteiger partial charge in [-0.3, -0.25) is 4.79 Å². The molecule has 0 radical (unpaired) electrons. The Kier molecular flexibility index (Phi) is 2.65. The van der Waals surface area contributed by atoms with E-state index in [0.717, 1.165) is 27.7 Å². The molecule has 1 heterocycles. The standard InChI is InChI=1S/C11H14ClNOS/c1-11(6-13(2)3)5-7-4-8(12)15-9(7)10(11)14/h4H,5-6H2,1-3H3/t11-/m1/s1. The van der Waals surface area contributed by atoms with Crippen LogP contribution in [0.2, 0.25) is 4.34 Å². The van der Waals surface area contributed by atoms with Crippen molar-refractivity contribution in [3.63, 3.8) is 0 Å². The van der Waals surface area contributed by atoms with Gasteiger partial charge in [0.05, 0.1) is 9.21 Å². The van der Waals surface area contributed by atoms with E-state index in [2.05, 4.69) is 4.90 Å². The van der Waals surface area contributed by atoms with Gasteiger partial charge in [0.25, 0.3) is 0 Å². The van der Waals surface area contributed by atoms with Crippen molar-refractivity contribution in [2.45, 2.75) is 13.3 Å². The first-order valence-corrected chi connectivity index (χ1v) is 6.09. The molecule has 1 aliphatic carbocycles. The molecule has 0 fully saturated rings. The average Bonchev–Trinajstić information content (AvgIpc) is 2.51. The van der Waals surface area contributed by atoms with Crippen molar-refractivity contribution in [2.75, 3.05) is 20.6 Å². The lowest BCUT2D eigenvalue weighted by atomic mass is 9.86. The highest BCUT2D eigenvalue weighted by Gasteiger charge is 2.43. The van der Waals surface area contributed by atoms with Gasteiger partial charge in [0, 0.05) is 12.0 Å². The Balaban J connectivity index is 2.30. The predicted molar refractivity (Wildman–Crippen MR) is 64.0 cm³/mol. The van der Waals surface area contributed by atoms with Crippen LogP contribution in [-0.4, -0.2) is 31.3 Å². The van der Waals surface area contributed by atoms with E-state index in [0.29, 0.717) is 0 Å². The second-order valence-corrected chi connectivity index (χ2v) is 6.39. The topological polar surface area (TPSA) is 20.3 Å². The quantitative estimate of drug-likeness (QED) is 0.796. The molecule has 0 bridgehead atoms. The van der Waals surface area contributed by atoms with E-state index in [9.17, 15) is 4.79 Å². The Bertz CT molecular complexity index is 413. The van der Waals surface area contributed by atoms with Crippen molar-refractivity contribution in [3.8, 4) is 0 Å². The van der Waals surface area contributed by atoms with Crippen LogP contribution in [0.25, 0.3) is 0 Å². The number of hydrogen-bond acceptors (Lipinski definition) is 3. The fourth-order valence-electron chi connectivity index (χ4n) is 2.32. The summed E-state index contributed by atoms with van der Waals surface area (Å²) in [5, 5.41) is 0. The molecular formula is C11H14ClNOS. The molecule has 82 valence electrons. The minimum atomic E-state index is -0.255. The summed E-state index contributed by atoms with van der Waals surface area (Å²) < 4.78 is 0.722. The monoisotopic (exact) mass is 243 g/mol. The molecule has 2 rings (SSSR count). The summed E-state index contributed by atoms with van der Waals surface area (Å²) in [6, 6.07) is 1.93.